The number of ether oxygens (including phenoxy) is 2. The monoisotopic (exact) mass is 467 g/mol. The zero-order chi connectivity index (χ0) is 23.1. The van der Waals surface area contributed by atoms with E-state index >= 15 is 0 Å². The van der Waals surface area contributed by atoms with Crippen molar-refractivity contribution in [3.05, 3.63) is 50.4 Å². The number of carbonyl (C=O) groups excluding carboxylic acids is 1. The lowest BCUT2D eigenvalue weighted by atomic mass is 10.0. The first-order chi connectivity index (χ1) is 16.0. The Morgan fingerprint density at radius 1 is 1.09 bits per heavy atom. The molecule has 4 heterocycles. The Bertz CT molecular complexity index is 1280. The van der Waals surface area contributed by atoms with Gasteiger partial charge in [-0.05, 0) is 55.9 Å². The normalized spacial score (nSPS) is 18.3. The predicted octanol–water partition coefficient (Wildman–Crippen LogP) is 4.49. The number of benzene rings is 1. The molecule has 8 heteroatoms. The highest BCUT2D eigenvalue weighted by molar-refractivity contribution is 7.20. The van der Waals surface area contributed by atoms with Crippen molar-refractivity contribution < 1.29 is 14.3 Å². The van der Waals surface area contributed by atoms with Crippen LogP contribution in [-0.4, -0.2) is 41.1 Å². The lowest BCUT2D eigenvalue weighted by Crippen LogP contribution is -2.30. The molecular weight excluding hydrogens is 438 g/mol. The van der Waals surface area contributed by atoms with Crippen LogP contribution in [0.15, 0.2) is 23.0 Å². The van der Waals surface area contributed by atoms with E-state index in [1.807, 2.05) is 34.6 Å². The van der Waals surface area contributed by atoms with Crippen molar-refractivity contribution in [3.63, 3.8) is 0 Å². The first kappa shape index (κ1) is 21.9. The quantitative estimate of drug-likeness (QED) is 0.565. The van der Waals surface area contributed by atoms with Gasteiger partial charge in [0.2, 0.25) is 0 Å². The summed E-state index contributed by atoms with van der Waals surface area (Å²) in [6.45, 7) is 3.29. The molecular formula is C25H29N3O4S. The second-order valence-electron chi connectivity index (χ2n) is 8.80. The van der Waals surface area contributed by atoms with Crippen molar-refractivity contribution in [1.82, 2.24) is 14.5 Å². The van der Waals surface area contributed by atoms with Gasteiger partial charge in [-0.3, -0.25) is 14.2 Å². The van der Waals surface area contributed by atoms with Crippen LogP contribution in [0.25, 0.3) is 10.2 Å². The van der Waals surface area contributed by atoms with Crippen molar-refractivity contribution in [2.45, 2.75) is 58.0 Å². The zero-order valence-electron chi connectivity index (χ0n) is 19.3. The molecule has 1 fully saturated rings. The van der Waals surface area contributed by atoms with E-state index in [9.17, 15) is 9.59 Å². The van der Waals surface area contributed by atoms with E-state index in [4.69, 9.17) is 14.5 Å². The van der Waals surface area contributed by atoms with Crippen LogP contribution < -0.4 is 15.0 Å². The lowest BCUT2D eigenvalue weighted by molar-refractivity contribution is 0.0740. The van der Waals surface area contributed by atoms with Gasteiger partial charge >= 0.3 is 0 Å². The smallest absolute Gasteiger partial charge is 0.264 e. The van der Waals surface area contributed by atoms with E-state index in [-0.39, 0.29) is 17.5 Å². The second-order valence-corrected chi connectivity index (χ2v) is 9.80. The summed E-state index contributed by atoms with van der Waals surface area (Å²) in [4.78, 5) is 35.1. The molecule has 1 amide bonds. The molecule has 7 nitrogen and oxygen atoms in total. The molecule has 174 valence electrons. The summed E-state index contributed by atoms with van der Waals surface area (Å²) >= 11 is 1.36. The van der Waals surface area contributed by atoms with Gasteiger partial charge in [-0.1, -0.05) is 12.5 Å². The van der Waals surface area contributed by atoms with Gasteiger partial charge in [-0.15, -0.1) is 11.3 Å². The van der Waals surface area contributed by atoms with Crippen molar-refractivity contribution in [2.75, 3.05) is 20.8 Å². The molecule has 3 aromatic rings. The fourth-order valence-corrected chi connectivity index (χ4v) is 6.31. The van der Waals surface area contributed by atoms with Crippen LogP contribution in [0.2, 0.25) is 0 Å². The molecule has 2 aliphatic heterocycles. The predicted molar refractivity (Wildman–Crippen MR) is 129 cm³/mol. The van der Waals surface area contributed by atoms with E-state index in [0.29, 0.717) is 39.7 Å². The van der Waals surface area contributed by atoms with Crippen LogP contribution in [0.5, 0.6) is 11.5 Å². The van der Waals surface area contributed by atoms with Crippen LogP contribution >= 0.6 is 11.3 Å². The Kier molecular flexibility index (Phi) is 5.86. The highest BCUT2D eigenvalue weighted by atomic mass is 32.1. The van der Waals surface area contributed by atoms with Gasteiger partial charge in [-0.25, -0.2) is 4.98 Å². The number of methoxy groups -OCH3 is 2. The molecule has 1 aromatic carbocycles. The summed E-state index contributed by atoms with van der Waals surface area (Å²) < 4.78 is 12.7. The number of thiophene rings is 1. The number of fused-ring (bicyclic) bond motifs is 2. The molecule has 0 bridgehead atoms. The van der Waals surface area contributed by atoms with Gasteiger partial charge in [0.15, 0.2) is 11.5 Å². The Morgan fingerprint density at radius 3 is 2.70 bits per heavy atom. The maximum atomic E-state index is 13.7. The van der Waals surface area contributed by atoms with Gasteiger partial charge in [0.25, 0.3) is 11.5 Å². The van der Waals surface area contributed by atoms with Crippen LogP contribution in [0.3, 0.4) is 0 Å². The fourth-order valence-electron chi connectivity index (χ4n) is 5.16. The molecule has 0 saturated carbocycles. The summed E-state index contributed by atoms with van der Waals surface area (Å²) in [5.74, 6) is 2.16. The average molecular weight is 468 g/mol. The number of rotatable bonds is 4. The molecule has 2 aliphatic rings. The first-order valence-corrected chi connectivity index (χ1v) is 12.4. The maximum absolute atomic E-state index is 13.7. The standard InChI is InChI=1S/C25H29N3O4S/c1-15-21-23(26-20-9-5-4-6-12-28(20)24(21)29)33-22(15)25(30)27-13-7-8-17(27)16-10-11-18(31-2)19(14-16)32-3/h10-11,14,17H,4-9,12-13H2,1-3H3. The molecule has 0 N–H and O–H groups in total. The number of nitrogens with zero attached hydrogens (tertiary/aromatic N) is 3. The number of hydrogen-bond acceptors (Lipinski definition) is 6. The van der Waals surface area contributed by atoms with E-state index in [2.05, 4.69) is 0 Å². The van der Waals surface area contributed by atoms with Gasteiger partial charge in [0.1, 0.15) is 10.7 Å². The molecule has 0 aliphatic carbocycles. The molecule has 5 rings (SSSR count). The summed E-state index contributed by atoms with van der Waals surface area (Å²) in [7, 11) is 3.23. The van der Waals surface area contributed by atoms with E-state index in [1.165, 1.54) is 11.3 Å². The molecule has 1 unspecified atom stereocenters. The van der Waals surface area contributed by atoms with E-state index in [0.717, 1.165) is 55.5 Å². The largest absolute Gasteiger partial charge is 0.493 e. The zero-order valence-corrected chi connectivity index (χ0v) is 20.2. The minimum absolute atomic E-state index is 0.00237. The minimum Gasteiger partial charge on any atom is -0.493 e. The first-order valence-electron chi connectivity index (χ1n) is 11.6. The third-order valence-corrected chi connectivity index (χ3v) is 8.09. The third kappa shape index (κ3) is 3.70. The number of carbonyl (C=O) groups is 1. The average Bonchev–Trinajstić information content (AvgIpc) is 3.36. The molecule has 1 atom stereocenters. The summed E-state index contributed by atoms with van der Waals surface area (Å²) in [6, 6.07) is 5.81. The SMILES string of the molecule is COc1ccc(C2CCCN2C(=O)c2sc3nc4n(c(=O)c3c2C)CCCCC4)cc1OC. The molecule has 0 radical (unpaired) electrons. The summed E-state index contributed by atoms with van der Waals surface area (Å²) in [5.41, 5.74) is 1.79. The maximum Gasteiger partial charge on any atom is 0.264 e. The molecule has 0 spiro atoms. The molecule has 33 heavy (non-hydrogen) atoms. The Balaban J connectivity index is 1.52. The van der Waals surface area contributed by atoms with Crippen LogP contribution in [0.4, 0.5) is 0 Å². The number of aromatic nitrogens is 2. The number of amides is 1. The Hall–Kier alpha value is -2.87. The lowest BCUT2D eigenvalue weighted by Gasteiger charge is -2.25. The van der Waals surface area contributed by atoms with Crippen molar-refractivity contribution in [2.24, 2.45) is 0 Å². The van der Waals surface area contributed by atoms with Crippen molar-refractivity contribution >= 4 is 27.5 Å². The highest BCUT2D eigenvalue weighted by Gasteiger charge is 2.33. The Morgan fingerprint density at radius 2 is 1.91 bits per heavy atom. The van der Waals surface area contributed by atoms with E-state index < -0.39 is 0 Å². The topological polar surface area (TPSA) is 73.7 Å². The summed E-state index contributed by atoms with van der Waals surface area (Å²) in [5, 5.41) is 0.607. The number of aryl methyl sites for hydroxylation is 2. The molecule has 1 saturated heterocycles. The van der Waals surface area contributed by atoms with Crippen molar-refractivity contribution in [1.29, 1.82) is 0 Å². The van der Waals surface area contributed by atoms with Gasteiger partial charge in [-0.2, -0.15) is 0 Å². The van der Waals surface area contributed by atoms with Gasteiger partial charge in [0.05, 0.1) is 30.5 Å². The third-order valence-electron chi connectivity index (χ3n) is 6.91. The van der Waals surface area contributed by atoms with Crippen LogP contribution in [0, 0.1) is 6.92 Å². The number of likely N-dealkylation sites (tertiary alicyclic amines) is 1. The van der Waals surface area contributed by atoms with Crippen molar-refractivity contribution in [3.8, 4) is 11.5 Å². The summed E-state index contributed by atoms with van der Waals surface area (Å²) in [6.07, 6.45) is 5.81. The minimum atomic E-state index is -0.0345. The van der Waals surface area contributed by atoms with Gasteiger partial charge in [0, 0.05) is 19.5 Å². The van der Waals surface area contributed by atoms with Crippen LogP contribution in [-0.2, 0) is 13.0 Å². The Labute approximate surface area is 197 Å². The highest BCUT2D eigenvalue weighted by Crippen LogP contribution is 2.39. The van der Waals surface area contributed by atoms with Crippen LogP contribution in [0.1, 0.15) is 64.8 Å². The van der Waals surface area contributed by atoms with Gasteiger partial charge < -0.3 is 14.4 Å². The molecule has 2 aromatic heterocycles. The number of hydrogen-bond donors (Lipinski definition) is 0. The second kappa shape index (κ2) is 8.82. The fraction of sp³-hybridized carbons (Fsp3) is 0.480. The van der Waals surface area contributed by atoms with E-state index in [1.54, 1.807) is 14.2 Å².